The molecule has 0 unspecified atom stereocenters. The van der Waals surface area contributed by atoms with Gasteiger partial charge in [0.15, 0.2) is 0 Å². The number of hydrogen-bond donors (Lipinski definition) is 2. The molecule has 2 aromatic carbocycles. The lowest BCUT2D eigenvalue weighted by Gasteiger charge is -2.13. The monoisotopic (exact) mass is 377 g/mol. The van der Waals surface area contributed by atoms with Gasteiger partial charge in [-0.1, -0.05) is 24.3 Å². The third-order valence-electron chi connectivity index (χ3n) is 4.63. The van der Waals surface area contributed by atoms with Gasteiger partial charge in [0.05, 0.1) is 5.57 Å². The summed E-state index contributed by atoms with van der Waals surface area (Å²) in [5, 5.41) is 5.88. The Hall–Kier alpha value is -3.41. The maximum atomic E-state index is 12.9. The minimum atomic E-state index is -0.339. The van der Waals surface area contributed by atoms with Gasteiger partial charge in [-0.15, -0.1) is 0 Å². The summed E-state index contributed by atoms with van der Waals surface area (Å²) in [7, 11) is 0. The number of likely N-dealkylation sites (N-methyl/N-ethyl adjacent to an activating group) is 1. The molecule has 2 aromatic rings. The molecule has 1 aliphatic heterocycles. The zero-order valence-corrected chi connectivity index (χ0v) is 16.4. The Morgan fingerprint density at radius 1 is 1.00 bits per heavy atom. The van der Waals surface area contributed by atoms with Crippen LogP contribution in [0.25, 0.3) is 5.57 Å². The summed E-state index contributed by atoms with van der Waals surface area (Å²) >= 11 is 0. The first kappa shape index (κ1) is 19.4. The van der Waals surface area contributed by atoms with Crippen molar-refractivity contribution in [2.45, 2.75) is 27.7 Å². The second-order valence-electron chi connectivity index (χ2n) is 6.81. The van der Waals surface area contributed by atoms with E-state index in [1.54, 1.807) is 31.2 Å². The molecule has 1 aliphatic rings. The number of benzene rings is 2. The van der Waals surface area contributed by atoms with Gasteiger partial charge in [-0.3, -0.25) is 19.3 Å². The molecular formula is C22H23N3O3. The number of carbonyl (C=O) groups is 3. The molecule has 0 saturated heterocycles. The van der Waals surface area contributed by atoms with E-state index in [0.29, 0.717) is 23.4 Å². The highest BCUT2D eigenvalue weighted by Gasteiger charge is 2.38. The van der Waals surface area contributed by atoms with E-state index in [0.717, 1.165) is 16.8 Å². The highest BCUT2D eigenvalue weighted by atomic mass is 16.2. The van der Waals surface area contributed by atoms with Crippen LogP contribution in [0.2, 0.25) is 0 Å². The van der Waals surface area contributed by atoms with Crippen LogP contribution in [0.4, 0.5) is 11.4 Å². The fourth-order valence-corrected chi connectivity index (χ4v) is 3.18. The molecule has 1 heterocycles. The molecule has 0 atom stereocenters. The van der Waals surface area contributed by atoms with Gasteiger partial charge >= 0.3 is 0 Å². The van der Waals surface area contributed by atoms with E-state index in [1.165, 1.54) is 11.8 Å². The van der Waals surface area contributed by atoms with Crippen LogP contribution >= 0.6 is 0 Å². The fourth-order valence-electron chi connectivity index (χ4n) is 3.18. The van der Waals surface area contributed by atoms with Gasteiger partial charge < -0.3 is 10.6 Å². The van der Waals surface area contributed by atoms with Gasteiger partial charge in [0.1, 0.15) is 5.70 Å². The van der Waals surface area contributed by atoms with Crippen LogP contribution in [-0.2, 0) is 14.4 Å². The molecule has 6 nitrogen and oxygen atoms in total. The number of carbonyl (C=O) groups excluding carboxylic acids is 3. The molecule has 2 N–H and O–H groups in total. The van der Waals surface area contributed by atoms with Crippen LogP contribution in [0.5, 0.6) is 0 Å². The quantitative estimate of drug-likeness (QED) is 0.782. The number of rotatable bonds is 5. The number of anilines is 2. The standard InChI is InChI=1S/C22H23N3O3/c1-5-25-21(27)19(16-8-10-17(11-9-16)23-15(4)26)20(22(25)28)24-18-12-13(2)6-7-14(18)3/h6-12,24H,5H2,1-4H3,(H,23,26). The summed E-state index contributed by atoms with van der Waals surface area (Å²) in [4.78, 5) is 38.2. The first-order valence-corrected chi connectivity index (χ1v) is 9.14. The van der Waals surface area contributed by atoms with Crippen molar-refractivity contribution in [1.29, 1.82) is 0 Å². The molecular weight excluding hydrogens is 354 g/mol. The maximum absolute atomic E-state index is 12.9. The SMILES string of the molecule is CCN1C(=O)C(Nc2cc(C)ccc2C)=C(c2ccc(NC(C)=O)cc2)C1=O. The lowest BCUT2D eigenvalue weighted by atomic mass is 10.0. The van der Waals surface area contributed by atoms with Gasteiger partial charge in [-0.05, 0) is 55.7 Å². The van der Waals surface area contributed by atoms with Crippen LogP contribution in [-0.4, -0.2) is 29.2 Å². The molecule has 0 bridgehead atoms. The van der Waals surface area contributed by atoms with Crippen molar-refractivity contribution in [2.75, 3.05) is 17.2 Å². The van der Waals surface area contributed by atoms with Gasteiger partial charge in [0.2, 0.25) is 5.91 Å². The predicted octanol–water partition coefficient (Wildman–Crippen LogP) is 3.47. The number of imide groups is 1. The van der Waals surface area contributed by atoms with Crippen LogP contribution in [0, 0.1) is 13.8 Å². The molecule has 0 saturated carbocycles. The first-order chi connectivity index (χ1) is 13.3. The van der Waals surface area contributed by atoms with E-state index in [1.807, 2.05) is 32.0 Å². The Kier molecular flexibility index (Phi) is 5.31. The van der Waals surface area contributed by atoms with Crippen LogP contribution in [0.3, 0.4) is 0 Å². The molecule has 0 aliphatic carbocycles. The number of amides is 3. The van der Waals surface area contributed by atoms with Gasteiger partial charge in [-0.2, -0.15) is 0 Å². The second-order valence-corrected chi connectivity index (χ2v) is 6.81. The van der Waals surface area contributed by atoms with E-state index in [9.17, 15) is 14.4 Å². The lowest BCUT2D eigenvalue weighted by Crippen LogP contribution is -2.32. The predicted molar refractivity (Wildman–Crippen MR) is 110 cm³/mol. The summed E-state index contributed by atoms with van der Waals surface area (Å²) in [5.74, 6) is -0.838. The first-order valence-electron chi connectivity index (χ1n) is 9.14. The molecule has 6 heteroatoms. The molecule has 0 aromatic heterocycles. The summed E-state index contributed by atoms with van der Waals surface area (Å²) in [6.45, 7) is 7.42. The van der Waals surface area contributed by atoms with E-state index in [4.69, 9.17) is 0 Å². The van der Waals surface area contributed by atoms with Crippen LogP contribution in [0.1, 0.15) is 30.5 Å². The molecule has 0 spiro atoms. The van der Waals surface area contributed by atoms with Crippen LogP contribution in [0.15, 0.2) is 48.2 Å². The van der Waals surface area contributed by atoms with E-state index < -0.39 is 0 Å². The van der Waals surface area contributed by atoms with Crippen molar-refractivity contribution in [3.8, 4) is 0 Å². The Bertz CT molecular complexity index is 991. The number of nitrogens with one attached hydrogen (secondary N) is 2. The van der Waals surface area contributed by atoms with E-state index in [-0.39, 0.29) is 23.4 Å². The summed E-state index contributed by atoms with van der Waals surface area (Å²) < 4.78 is 0. The topological polar surface area (TPSA) is 78.5 Å². The van der Waals surface area contributed by atoms with Crippen LogP contribution < -0.4 is 10.6 Å². The van der Waals surface area contributed by atoms with Crippen molar-refractivity contribution in [2.24, 2.45) is 0 Å². The van der Waals surface area contributed by atoms with Crippen molar-refractivity contribution in [3.05, 3.63) is 64.9 Å². The zero-order valence-electron chi connectivity index (χ0n) is 16.4. The Labute approximate surface area is 164 Å². The average molecular weight is 377 g/mol. The molecule has 3 amide bonds. The number of aryl methyl sites for hydroxylation is 2. The van der Waals surface area contributed by atoms with Gasteiger partial charge in [0.25, 0.3) is 11.8 Å². The summed E-state index contributed by atoms with van der Waals surface area (Å²) in [5.41, 5.74) is 4.69. The Morgan fingerprint density at radius 3 is 2.29 bits per heavy atom. The molecule has 28 heavy (non-hydrogen) atoms. The minimum absolute atomic E-state index is 0.173. The number of hydrogen-bond acceptors (Lipinski definition) is 4. The lowest BCUT2D eigenvalue weighted by molar-refractivity contribution is -0.136. The fraction of sp³-hybridized carbons (Fsp3) is 0.227. The average Bonchev–Trinajstić information content (AvgIpc) is 2.88. The Balaban J connectivity index is 2.06. The third-order valence-corrected chi connectivity index (χ3v) is 4.63. The molecule has 144 valence electrons. The van der Waals surface area contributed by atoms with Crippen molar-refractivity contribution < 1.29 is 14.4 Å². The van der Waals surface area contributed by atoms with E-state index in [2.05, 4.69) is 10.6 Å². The minimum Gasteiger partial charge on any atom is -0.350 e. The van der Waals surface area contributed by atoms with Crippen molar-refractivity contribution >= 4 is 34.7 Å². The molecule has 0 radical (unpaired) electrons. The van der Waals surface area contributed by atoms with Gasteiger partial charge in [0, 0.05) is 24.8 Å². The summed E-state index contributed by atoms with van der Waals surface area (Å²) in [6.07, 6.45) is 0. The zero-order chi connectivity index (χ0) is 20.4. The summed E-state index contributed by atoms with van der Waals surface area (Å²) in [6, 6.07) is 12.8. The largest absolute Gasteiger partial charge is 0.350 e. The normalized spacial score (nSPS) is 13.9. The maximum Gasteiger partial charge on any atom is 0.278 e. The van der Waals surface area contributed by atoms with E-state index >= 15 is 0 Å². The van der Waals surface area contributed by atoms with Crippen molar-refractivity contribution in [3.63, 3.8) is 0 Å². The van der Waals surface area contributed by atoms with Crippen molar-refractivity contribution in [1.82, 2.24) is 4.90 Å². The Morgan fingerprint density at radius 2 is 1.68 bits per heavy atom. The second kappa shape index (κ2) is 7.68. The van der Waals surface area contributed by atoms with Gasteiger partial charge in [-0.25, -0.2) is 0 Å². The number of nitrogens with zero attached hydrogens (tertiary/aromatic N) is 1. The molecule has 0 fully saturated rings. The molecule has 3 rings (SSSR count). The highest BCUT2D eigenvalue weighted by molar-refractivity contribution is 6.36. The highest BCUT2D eigenvalue weighted by Crippen LogP contribution is 2.32. The third kappa shape index (κ3) is 3.67. The smallest absolute Gasteiger partial charge is 0.278 e.